The third kappa shape index (κ3) is 2.64. The minimum absolute atomic E-state index is 0.292. The molecule has 0 amide bonds. The van der Waals surface area contributed by atoms with Crippen molar-refractivity contribution in [3.63, 3.8) is 0 Å². The fourth-order valence-electron chi connectivity index (χ4n) is 2.36. The zero-order valence-electron chi connectivity index (χ0n) is 10.9. The predicted octanol–water partition coefficient (Wildman–Crippen LogP) is 3.20. The van der Waals surface area contributed by atoms with Crippen LogP contribution in [-0.4, -0.2) is 34.5 Å². The van der Waals surface area contributed by atoms with Gasteiger partial charge in [0.25, 0.3) is 0 Å². The highest BCUT2D eigenvalue weighted by Gasteiger charge is 2.21. The lowest BCUT2D eigenvalue weighted by Gasteiger charge is -2.22. The summed E-state index contributed by atoms with van der Waals surface area (Å²) in [5, 5.41) is 10.7. The van der Waals surface area contributed by atoms with E-state index in [9.17, 15) is 9.90 Å². The molecule has 2 heterocycles. The Labute approximate surface area is 121 Å². The molecule has 1 saturated heterocycles. The quantitative estimate of drug-likeness (QED) is 0.940. The van der Waals surface area contributed by atoms with Crippen LogP contribution in [0.25, 0.3) is 10.9 Å². The number of carboxylic acid groups (broad SMARTS) is 1. The number of hydrogen-bond donors (Lipinski definition) is 1. The topological polar surface area (TPSA) is 59.4 Å². The molecule has 0 saturated carbocycles. The van der Waals surface area contributed by atoms with E-state index < -0.39 is 5.97 Å². The summed E-state index contributed by atoms with van der Waals surface area (Å²) in [6.45, 7) is 1.51. The standard InChI is InChI=1S/C15H15NO3S/c17-15(18)12-9-16-13-4-2-1-3-11(13)14(12)20-10-5-7-19-8-6-10/h1-4,9-10H,5-8H2,(H,17,18). The Morgan fingerprint density at radius 2 is 2.05 bits per heavy atom. The number of para-hydroxylation sites is 1. The minimum Gasteiger partial charge on any atom is -0.478 e. The normalized spacial score (nSPS) is 16.4. The van der Waals surface area contributed by atoms with Gasteiger partial charge in [0.15, 0.2) is 0 Å². The molecule has 0 bridgehead atoms. The van der Waals surface area contributed by atoms with Gasteiger partial charge in [0.05, 0.1) is 11.1 Å². The fraction of sp³-hybridized carbons (Fsp3) is 0.333. The van der Waals surface area contributed by atoms with Gasteiger partial charge in [0.1, 0.15) is 0 Å². The first-order chi connectivity index (χ1) is 9.75. The van der Waals surface area contributed by atoms with Gasteiger partial charge < -0.3 is 9.84 Å². The molecule has 5 heteroatoms. The Kier molecular flexibility index (Phi) is 3.89. The smallest absolute Gasteiger partial charge is 0.338 e. The van der Waals surface area contributed by atoms with E-state index in [0.29, 0.717) is 10.8 Å². The van der Waals surface area contributed by atoms with Gasteiger partial charge in [-0.2, -0.15) is 0 Å². The number of aromatic nitrogens is 1. The Morgan fingerprint density at radius 3 is 2.80 bits per heavy atom. The summed E-state index contributed by atoms with van der Waals surface area (Å²) in [6.07, 6.45) is 3.38. The lowest BCUT2D eigenvalue weighted by atomic mass is 10.1. The highest BCUT2D eigenvalue weighted by atomic mass is 32.2. The Morgan fingerprint density at radius 1 is 1.30 bits per heavy atom. The van der Waals surface area contributed by atoms with Crippen LogP contribution in [0.3, 0.4) is 0 Å². The molecule has 0 atom stereocenters. The largest absolute Gasteiger partial charge is 0.478 e. The second kappa shape index (κ2) is 5.81. The number of ether oxygens (including phenoxy) is 1. The lowest BCUT2D eigenvalue weighted by Crippen LogP contribution is -2.18. The van der Waals surface area contributed by atoms with Crippen molar-refractivity contribution in [2.75, 3.05) is 13.2 Å². The maximum atomic E-state index is 11.4. The van der Waals surface area contributed by atoms with Gasteiger partial charge in [-0.1, -0.05) is 18.2 Å². The number of benzene rings is 1. The highest BCUT2D eigenvalue weighted by Crippen LogP contribution is 2.36. The average molecular weight is 289 g/mol. The van der Waals surface area contributed by atoms with E-state index >= 15 is 0 Å². The Hall–Kier alpha value is -1.59. The summed E-state index contributed by atoms with van der Waals surface area (Å²) in [4.78, 5) is 16.5. The molecule has 20 heavy (non-hydrogen) atoms. The molecule has 0 unspecified atom stereocenters. The maximum absolute atomic E-state index is 11.4. The summed E-state index contributed by atoms with van der Waals surface area (Å²) >= 11 is 1.65. The van der Waals surface area contributed by atoms with E-state index in [1.165, 1.54) is 6.20 Å². The number of thioether (sulfide) groups is 1. The summed E-state index contributed by atoms with van der Waals surface area (Å²) in [6, 6.07) is 7.69. The SMILES string of the molecule is O=C(O)c1cnc2ccccc2c1SC1CCOCC1. The number of nitrogens with zero attached hydrogens (tertiary/aromatic N) is 1. The van der Waals surface area contributed by atoms with E-state index in [-0.39, 0.29) is 0 Å². The molecule has 1 aromatic carbocycles. The molecule has 1 fully saturated rings. The first kappa shape index (κ1) is 13.4. The lowest BCUT2D eigenvalue weighted by molar-refractivity contribution is 0.0693. The number of aromatic carboxylic acids is 1. The van der Waals surface area contributed by atoms with Crippen LogP contribution in [0.1, 0.15) is 23.2 Å². The first-order valence-corrected chi connectivity index (χ1v) is 7.49. The Balaban J connectivity index is 2.04. The molecule has 0 radical (unpaired) electrons. The maximum Gasteiger partial charge on any atom is 0.338 e. The minimum atomic E-state index is -0.919. The number of rotatable bonds is 3. The van der Waals surface area contributed by atoms with Gasteiger partial charge in [0, 0.05) is 34.9 Å². The van der Waals surface area contributed by atoms with Crippen molar-refractivity contribution in [1.29, 1.82) is 0 Å². The van der Waals surface area contributed by atoms with E-state index in [2.05, 4.69) is 4.98 Å². The Bertz CT molecular complexity index is 638. The van der Waals surface area contributed by atoms with Gasteiger partial charge in [-0.15, -0.1) is 11.8 Å². The van der Waals surface area contributed by atoms with Crippen molar-refractivity contribution in [2.45, 2.75) is 23.0 Å². The van der Waals surface area contributed by atoms with Crippen molar-refractivity contribution in [1.82, 2.24) is 4.98 Å². The highest BCUT2D eigenvalue weighted by molar-refractivity contribution is 8.00. The van der Waals surface area contributed by atoms with E-state index in [1.807, 2.05) is 24.3 Å². The van der Waals surface area contributed by atoms with E-state index in [4.69, 9.17) is 4.74 Å². The zero-order valence-corrected chi connectivity index (χ0v) is 11.7. The third-order valence-corrected chi connectivity index (χ3v) is 4.89. The van der Waals surface area contributed by atoms with E-state index in [0.717, 1.165) is 41.9 Å². The second-order valence-electron chi connectivity index (χ2n) is 4.75. The van der Waals surface area contributed by atoms with Crippen LogP contribution in [0.4, 0.5) is 0 Å². The first-order valence-electron chi connectivity index (χ1n) is 6.61. The molecule has 1 aromatic heterocycles. The average Bonchev–Trinajstić information content (AvgIpc) is 2.48. The van der Waals surface area contributed by atoms with Crippen molar-refractivity contribution in [3.8, 4) is 0 Å². The van der Waals surface area contributed by atoms with Crippen molar-refractivity contribution >= 4 is 28.6 Å². The van der Waals surface area contributed by atoms with Gasteiger partial charge in [-0.3, -0.25) is 4.98 Å². The van der Waals surface area contributed by atoms with Gasteiger partial charge in [-0.25, -0.2) is 4.79 Å². The fourth-order valence-corrected chi connectivity index (χ4v) is 3.68. The molecular formula is C15H15NO3S. The summed E-state index contributed by atoms with van der Waals surface area (Å²) in [7, 11) is 0. The number of hydrogen-bond acceptors (Lipinski definition) is 4. The molecule has 104 valence electrons. The third-order valence-electron chi connectivity index (χ3n) is 3.41. The van der Waals surface area contributed by atoms with E-state index in [1.54, 1.807) is 11.8 Å². The summed E-state index contributed by atoms with van der Waals surface area (Å²) in [5.41, 5.74) is 1.13. The molecular weight excluding hydrogens is 274 g/mol. The molecule has 0 spiro atoms. The predicted molar refractivity (Wildman–Crippen MR) is 78.4 cm³/mol. The zero-order chi connectivity index (χ0) is 13.9. The monoisotopic (exact) mass is 289 g/mol. The second-order valence-corrected chi connectivity index (χ2v) is 6.06. The van der Waals surface area contributed by atoms with Crippen LogP contribution in [0.2, 0.25) is 0 Å². The molecule has 0 aliphatic carbocycles. The van der Waals surface area contributed by atoms with Crippen LogP contribution in [-0.2, 0) is 4.74 Å². The molecule has 3 rings (SSSR count). The molecule has 2 aromatic rings. The molecule has 1 aliphatic heterocycles. The van der Waals surface area contributed by atoms with Crippen LogP contribution >= 0.6 is 11.8 Å². The van der Waals surface area contributed by atoms with Crippen molar-refractivity contribution in [2.24, 2.45) is 0 Å². The summed E-state index contributed by atoms with van der Waals surface area (Å²) in [5.74, 6) is -0.919. The van der Waals surface area contributed by atoms with Gasteiger partial charge in [-0.05, 0) is 18.9 Å². The van der Waals surface area contributed by atoms with Crippen LogP contribution < -0.4 is 0 Å². The van der Waals surface area contributed by atoms with Crippen molar-refractivity contribution < 1.29 is 14.6 Å². The molecule has 1 N–H and O–H groups in total. The number of fused-ring (bicyclic) bond motifs is 1. The number of carboxylic acids is 1. The van der Waals surface area contributed by atoms with Gasteiger partial charge in [0.2, 0.25) is 0 Å². The van der Waals surface area contributed by atoms with Crippen molar-refractivity contribution in [3.05, 3.63) is 36.0 Å². The van der Waals surface area contributed by atoms with Gasteiger partial charge >= 0.3 is 5.97 Å². The summed E-state index contributed by atoms with van der Waals surface area (Å²) < 4.78 is 5.36. The number of carbonyl (C=O) groups is 1. The number of pyridine rings is 1. The van der Waals surface area contributed by atoms with Crippen LogP contribution in [0, 0.1) is 0 Å². The van der Waals surface area contributed by atoms with Crippen LogP contribution in [0.15, 0.2) is 35.4 Å². The van der Waals surface area contributed by atoms with Crippen LogP contribution in [0.5, 0.6) is 0 Å². The molecule has 4 nitrogen and oxygen atoms in total. The molecule has 1 aliphatic rings.